The normalized spacial score (nSPS) is 24.3. The second-order valence-electron chi connectivity index (χ2n) is 10.3. The zero-order chi connectivity index (χ0) is 23.8. The van der Waals surface area contributed by atoms with E-state index in [1.54, 1.807) is 47.6 Å². The van der Waals surface area contributed by atoms with Crippen LogP contribution in [0.4, 0.5) is 0 Å². The average Bonchev–Trinajstić information content (AvgIpc) is 3.51. The average molecular weight is 453 g/mol. The van der Waals surface area contributed by atoms with Crippen molar-refractivity contribution >= 4 is 23.6 Å². The second kappa shape index (κ2) is 6.86. The number of carbonyl (C=O) groups is 3. The van der Waals surface area contributed by atoms with Crippen molar-refractivity contribution in [2.24, 2.45) is 15.9 Å². The van der Waals surface area contributed by atoms with Crippen molar-refractivity contribution in [3.05, 3.63) is 94.9 Å². The molecule has 1 aliphatic carbocycles. The van der Waals surface area contributed by atoms with Crippen molar-refractivity contribution in [2.75, 3.05) is 0 Å². The number of Topliss-reactive ketones (excluding diaryl/α,β-unsaturated/α-hetero) is 3. The number of hydrazone groups is 1. The van der Waals surface area contributed by atoms with Crippen LogP contribution in [0.3, 0.4) is 0 Å². The zero-order valence-electron chi connectivity index (χ0n) is 19.2. The summed E-state index contributed by atoms with van der Waals surface area (Å²) in [5.41, 5.74) is 0.130. The van der Waals surface area contributed by atoms with E-state index in [2.05, 4.69) is 0 Å². The molecule has 34 heavy (non-hydrogen) atoms. The van der Waals surface area contributed by atoms with E-state index < -0.39 is 28.8 Å². The van der Waals surface area contributed by atoms with Crippen LogP contribution < -0.4 is 0 Å². The number of fused-ring (bicyclic) bond motifs is 5. The highest BCUT2D eigenvalue weighted by molar-refractivity contribution is 6.31. The summed E-state index contributed by atoms with van der Waals surface area (Å²) in [6.45, 7) is 5.55. The molecule has 3 atom stereocenters. The molecule has 6 nitrogen and oxygen atoms in total. The molecule has 0 saturated carbocycles. The fourth-order valence-corrected chi connectivity index (χ4v) is 6.00. The van der Waals surface area contributed by atoms with Gasteiger partial charge in [0.05, 0.1) is 24.4 Å². The molecule has 3 aromatic rings. The van der Waals surface area contributed by atoms with Crippen LogP contribution >= 0.6 is 0 Å². The minimum absolute atomic E-state index is 0.0936. The van der Waals surface area contributed by atoms with E-state index in [1.165, 1.54) is 6.26 Å². The highest BCUT2D eigenvalue weighted by atomic mass is 16.3. The summed E-state index contributed by atoms with van der Waals surface area (Å²) in [6.07, 6.45) is 3.23. The van der Waals surface area contributed by atoms with Gasteiger partial charge < -0.3 is 4.42 Å². The number of benzene rings is 2. The number of ketones is 3. The SMILES string of the molecule is CC(C)(C)C(=O)[C@@H]1[C@@H](c2ccco2)C2(C(=O)c3ccccc3C2=O)C2c3ccccc3C=NN21. The van der Waals surface area contributed by atoms with E-state index in [0.29, 0.717) is 16.9 Å². The Hall–Kier alpha value is -3.80. The third kappa shape index (κ3) is 2.45. The van der Waals surface area contributed by atoms with Gasteiger partial charge in [0.15, 0.2) is 17.3 Å². The lowest BCUT2D eigenvalue weighted by Crippen LogP contribution is -2.45. The van der Waals surface area contributed by atoms with Crippen molar-refractivity contribution < 1.29 is 18.8 Å². The second-order valence-corrected chi connectivity index (χ2v) is 10.3. The Labute approximate surface area is 197 Å². The molecule has 1 aromatic heterocycles. The Balaban J connectivity index is 1.71. The van der Waals surface area contributed by atoms with Crippen molar-refractivity contribution in [3.8, 4) is 0 Å². The Morgan fingerprint density at radius 1 is 0.941 bits per heavy atom. The van der Waals surface area contributed by atoms with Crippen LogP contribution in [0, 0.1) is 10.8 Å². The van der Waals surface area contributed by atoms with Crippen LogP contribution in [0.5, 0.6) is 0 Å². The molecule has 0 radical (unpaired) electrons. The molecule has 1 fully saturated rings. The summed E-state index contributed by atoms with van der Waals surface area (Å²) < 4.78 is 5.85. The summed E-state index contributed by atoms with van der Waals surface area (Å²) in [4.78, 5) is 42.7. The Kier molecular flexibility index (Phi) is 4.19. The van der Waals surface area contributed by atoms with Gasteiger partial charge in [0.2, 0.25) is 0 Å². The maximum atomic E-state index is 14.4. The first-order valence-corrected chi connectivity index (χ1v) is 11.5. The van der Waals surface area contributed by atoms with Gasteiger partial charge in [-0.05, 0) is 23.3 Å². The fraction of sp³-hybridized carbons (Fsp3) is 0.286. The molecule has 2 aromatic carbocycles. The standard InChI is InChI=1S/C28H24N2O4/c1-27(2,3)26(33)22-21(20-13-8-14-34-20)28(24(31)18-11-6-7-12-19(18)25(28)32)23-17-10-5-4-9-16(17)15-29-30(22)23/h4-15,21-23H,1-3H3/t21-,22+,23?/m1/s1. The summed E-state index contributed by atoms with van der Waals surface area (Å²) >= 11 is 0. The number of nitrogens with zero attached hydrogens (tertiary/aromatic N) is 2. The van der Waals surface area contributed by atoms with Gasteiger partial charge in [-0.25, -0.2) is 0 Å². The van der Waals surface area contributed by atoms with Crippen molar-refractivity contribution in [1.29, 1.82) is 0 Å². The maximum absolute atomic E-state index is 14.4. The number of furan rings is 1. The van der Waals surface area contributed by atoms with Crippen LogP contribution in [0.1, 0.15) is 70.3 Å². The maximum Gasteiger partial charge on any atom is 0.180 e. The quantitative estimate of drug-likeness (QED) is 0.521. The summed E-state index contributed by atoms with van der Waals surface area (Å²) in [6, 6.07) is 16.5. The summed E-state index contributed by atoms with van der Waals surface area (Å²) in [5.74, 6) is -1.03. The van der Waals surface area contributed by atoms with Gasteiger partial charge in [-0.2, -0.15) is 5.10 Å². The van der Waals surface area contributed by atoms with Crippen LogP contribution in [-0.4, -0.2) is 34.6 Å². The topological polar surface area (TPSA) is 79.9 Å². The highest BCUT2D eigenvalue weighted by Crippen LogP contribution is 2.65. The lowest BCUT2D eigenvalue weighted by molar-refractivity contribution is -0.132. The molecular formula is C28H24N2O4. The predicted molar refractivity (Wildman–Crippen MR) is 126 cm³/mol. The van der Waals surface area contributed by atoms with E-state index in [4.69, 9.17) is 9.52 Å². The first kappa shape index (κ1) is 20.8. The van der Waals surface area contributed by atoms with E-state index in [9.17, 15) is 14.4 Å². The third-order valence-corrected chi connectivity index (χ3v) is 7.43. The van der Waals surface area contributed by atoms with Gasteiger partial charge in [-0.15, -0.1) is 0 Å². The van der Waals surface area contributed by atoms with Gasteiger partial charge in [0.25, 0.3) is 0 Å². The van der Waals surface area contributed by atoms with Crippen LogP contribution in [0.2, 0.25) is 0 Å². The van der Waals surface area contributed by atoms with Crippen LogP contribution in [0.15, 0.2) is 76.4 Å². The number of carbonyl (C=O) groups excluding carboxylic acids is 3. The number of rotatable bonds is 2. The molecule has 170 valence electrons. The lowest BCUT2D eigenvalue weighted by Gasteiger charge is -2.36. The molecule has 6 rings (SSSR count). The van der Waals surface area contributed by atoms with E-state index in [1.807, 2.05) is 45.0 Å². The van der Waals surface area contributed by atoms with E-state index >= 15 is 0 Å². The Morgan fingerprint density at radius 2 is 1.59 bits per heavy atom. The minimum atomic E-state index is -1.57. The van der Waals surface area contributed by atoms with Gasteiger partial charge in [0.1, 0.15) is 17.2 Å². The molecule has 1 unspecified atom stereocenters. The monoisotopic (exact) mass is 452 g/mol. The molecule has 3 aliphatic rings. The number of hydrogen-bond acceptors (Lipinski definition) is 6. The largest absolute Gasteiger partial charge is 0.469 e. The molecule has 0 bridgehead atoms. The molecule has 6 heteroatoms. The van der Waals surface area contributed by atoms with Gasteiger partial charge in [-0.3, -0.25) is 19.4 Å². The van der Waals surface area contributed by atoms with Crippen molar-refractivity contribution in [1.82, 2.24) is 5.01 Å². The lowest BCUT2D eigenvalue weighted by atomic mass is 9.63. The van der Waals surface area contributed by atoms with Crippen molar-refractivity contribution in [2.45, 2.75) is 38.8 Å². The van der Waals surface area contributed by atoms with Crippen molar-refractivity contribution in [3.63, 3.8) is 0 Å². The first-order valence-electron chi connectivity index (χ1n) is 11.5. The smallest absolute Gasteiger partial charge is 0.180 e. The molecule has 2 aliphatic heterocycles. The van der Waals surface area contributed by atoms with Crippen LogP contribution in [0.25, 0.3) is 0 Å². The van der Waals surface area contributed by atoms with E-state index in [-0.39, 0.29) is 17.3 Å². The molecule has 0 amide bonds. The molecule has 1 spiro atoms. The summed E-state index contributed by atoms with van der Waals surface area (Å²) in [7, 11) is 0. The molecule has 1 saturated heterocycles. The predicted octanol–water partition coefficient (Wildman–Crippen LogP) is 4.82. The minimum Gasteiger partial charge on any atom is -0.469 e. The Morgan fingerprint density at radius 3 is 2.21 bits per heavy atom. The first-order chi connectivity index (χ1) is 16.3. The zero-order valence-corrected chi connectivity index (χ0v) is 19.2. The number of hydrogen-bond donors (Lipinski definition) is 0. The Bertz CT molecular complexity index is 1340. The molecular weight excluding hydrogens is 428 g/mol. The van der Waals surface area contributed by atoms with Gasteiger partial charge in [0, 0.05) is 16.5 Å². The summed E-state index contributed by atoms with van der Waals surface area (Å²) in [5, 5.41) is 6.40. The fourth-order valence-electron chi connectivity index (χ4n) is 6.00. The molecule has 3 heterocycles. The van der Waals surface area contributed by atoms with E-state index in [0.717, 1.165) is 11.1 Å². The third-order valence-electron chi connectivity index (χ3n) is 7.43. The molecule has 0 N–H and O–H groups in total. The van der Waals surface area contributed by atoms with Gasteiger partial charge >= 0.3 is 0 Å². The van der Waals surface area contributed by atoms with Crippen LogP contribution in [-0.2, 0) is 4.79 Å². The highest BCUT2D eigenvalue weighted by Gasteiger charge is 2.73. The van der Waals surface area contributed by atoms with Gasteiger partial charge in [-0.1, -0.05) is 69.3 Å².